The Morgan fingerprint density at radius 2 is 1.94 bits per heavy atom. The molecule has 9 nitrogen and oxygen atoms in total. The molecule has 0 unspecified atom stereocenters. The lowest BCUT2D eigenvalue weighted by molar-refractivity contribution is -0.126. The average Bonchev–Trinajstić information content (AvgIpc) is 3.22. The molecule has 0 radical (unpaired) electrons. The van der Waals surface area contributed by atoms with Gasteiger partial charge in [0.25, 0.3) is 0 Å². The molecule has 4 rings (SSSR count). The van der Waals surface area contributed by atoms with Crippen molar-refractivity contribution in [3.63, 3.8) is 0 Å². The summed E-state index contributed by atoms with van der Waals surface area (Å²) in [5, 5.41) is 12.1. The minimum absolute atomic E-state index is 0.132. The van der Waals surface area contributed by atoms with Crippen molar-refractivity contribution >= 4 is 35.4 Å². The number of aromatic hydroxyl groups is 1. The number of carbonyl (C=O) groups excluding carboxylic acids is 3. The van der Waals surface area contributed by atoms with E-state index >= 15 is 0 Å². The van der Waals surface area contributed by atoms with Gasteiger partial charge in [0.15, 0.2) is 0 Å². The van der Waals surface area contributed by atoms with Crippen LogP contribution in [-0.2, 0) is 14.3 Å². The predicted molar refractivity (Wildman–Crippen MR) is 129 cm³/mol. The van der Waals surface area contributed by atoms with Gasteiger partial charge in [-0.2, -0.15) is 0 Å². The van der Waals surface area contributed by atoms with Crippen molar-refractivity contribution in [3.8, 4) is 5.75 Å². The van der Waals surface area contributed by atoms with Crippen LogP contribution in [0.15, 0.2) is 48.5 Å². The number of amides is 3. The van der Waals surface area contributed by atoms with Crippen LogP contribution in [0.4, 0.5) is 20.6 Å². The van der Waals surface area contributed by atoms with E-state index in [0.717, 1.165) is 5.56 Å². The van der Waals surface area contributed by atoms with Gasteiger partial charge in [0.05, 0.1) is 24.5 Å². The second-order valence-electron chi connectivity index (χ2n) is 8.43. The van der Waals surface area contributed by atoms with Crippen LogP contribution in [-0.4, -0.2) is 73.3 Å². The summed E-state index contributed by atoms with van der Waals surface area (Å²) in [7, 11) is 0. The summed E-state index contributed by atoms with van der Waals surface area (Å²) in [5.74, 6) is -0.703. The van der Waals surface area contributed by atoms with Crippen molar-refractivity contribution in [3.05, 3.63) is 59.9 Å². The van der Waals surface area contributed by atoms with Crippen LogP contribution >= 0.6 is 0 Å². The molecule has 2 aliphatic rings. The van der Waals surface area contributed by atoms with Gasteiger partial charge in [-0.3, -0.25) is 14.5 Å². The second-order valence-corrected chi connectivity index (χ2v) is 8.43. The number of cyclic esters (lactones) is 1. The van der Waals surface area contributed by atoms with E-state index in [2.05, 4.69) is 5.32 Å². The van der Waals surface area contributed by atoms with Crippen molar-refractivity contribution in [2.45, 2.75) is 13.0 Å². The topological polar surface area (TPSA) is 102 Å². The van der Waals surface area contributed by atoms with Gasteiger partial charge in [-0.25, -0.2) is 9.18 Å². The number of phenolic OH excluding ortho intramolecular Hbond substituents is 1. The van der Waals surface area contributed by atoms with Crippen molar-refractivity contribution in [1.82, 2.24) is 10.2 Å². The number of piperazine rings is 1. The molecule has 0 aliphatic carbocycles. The van der Waals surface area contributed by atoms with Gasteiger partial charge in [0.2, 0.25) is 11.8 Å². The highest BCUT2D eigenvalue weighted by molar-refractivity contribution is 5.92. The number of anilines is 2. The summed E-state index contributed by atoms with van der Waals surface area (Å²) in [6.45, 7) is 3.60. The van der Waals surface area contributed by atoms with Gasteiger partial charge in [-0.1, -0.05) is 12.1 Å². The Morgan fingerprint density at radius 1 is 1.17 bits per heavy atom. The van der Waals surface area contributed by atoms with Crippen molar-refractivity contribution < 1.29 is 28.6 Å². The van der Waals surface area contributed by atoms with Crippen molar-refractivity contribution in [2.24, 2.45) is 0 Å². The van der Waals surface area contributed by atoms with E-state index in [1.165, 1.54) is 24.0 Å². The Morgan fingerprint density at radius 3 is 2.63 bits per heavy atom. The monoisotopic (exact) mass is 482 g/mol. The summed E-state index contributed by atoms with van der Waals surface area (Å²) in [6, 6.07) is 11.2. The van der Waals surface area contributed by atoms with E-state index in [4.69, 9.17) is 4.74 Å². The van der Waals surface area contributed by atoms with Crippen LogP contribution in [0.5, 0.6) is 5.75 Å². The fourth-order valence-corrected chi connectivity index (χ4v) is 4.09. The normalized spacial score (nSPS) is 18.2. The molecule has 2 aromatic carbocycles. The van der Waals surface area contributed by atoms with Crippen LogP contribution in [0.3, 0.4) is 0 Å². The zero-order valence-corrected chi connectivity index (χ0v) is 19.3. The predicted octanol–water partition coefficient (Wildman–Crippen LogP) is 2.35. The van der Waals surface area contributed by atoms with Gasteiger partial charge in [0, 0.05) is 39.2 Å². The molecule has 0 bridgehead atoms. The first kappa shape index (κ1) is 24.1. The lowest BCUT2D eigenvalue weighted by Gasteiger charge is -2.36. The summed E-state index contributed by atoms with van der Waals surface area (Å²) < 4.78 is 20.2. The minimum Gasteiger partial charge on any atom is -0.508 e. The van der Waals surface area contributed by atoms with Gasteiger partial charge < -0.3 is 25.0 Å². The Bertz CT molecular complexity index is 1150. The summed E-state index contributed by atoms with van der Waals surface area (Å²) in [4.78, 5) is 40.7. The maximum absolute atomic E-state index is 15.0. The SMILES string of the molecule is CC(=O)NC[C@H]1CN(c2ccc(N3CCN(C(=O)C=Cc4cccc(O)c4)CC3)c(F)c2)C(=O)O1. The molecule has 2 fully saturated rings. The first-order valence-electron chi connectivity index (χ1n) is 11.3. The molecule has 2 saturated heterocycles. The average molecular weight is 483 g/mol. The summed E-state index contributed by atoms with van der Waals surface area (Å²) >= 11 is 0. The fourth-order valence-electron chi connectivity index (χ4n) is 4.09. The number of phenols is 1. The molecule has 2 N–H and O–H groups in total. The van der Waals surface area contributed by atoms with Crippen LogP contribution in [0.25, 0.3) is 6.08 Å². The minimum atomic E-state index is -0.585. The Kier molecular flexibility index (Phi) is 7.19. The maximum atomic E-state index is 15.0. The van der Waals surface area contributed by atoms with Crippen LogP contribution in [0, 0.1) is 5.82 Å². The van der Waals surface area contributed by atoms with Gasteiger partial charge >= 0.3 is 6.09 Å². The highest BCUT2D eigenvalue weighted by Crippen LogP contribution is 2.28. The van der Waals surface area contributed by atoms with Crippen LogP contribution in [0.1, 0.15) is 12.5 Å². The standard InChI is InChI=1S/C25H27FN4O5/c1-17(31)27-15-21-16-30(25(34)35-21)19-6-7-23(22(26)14-19)28-9-11-29(12-10-28)24(33)8-5-18-3-2-4-20(32)13-18/h2-8,13-14,21,32H,9-12,15-16H2,1H3,(H,27,31)/t21-/m0/s1. The third kappa shape index (κ3) is 5.89. The Labute approximate surface area is 202 Å². The van der Waals surface area contributed by atoms with Crippen molar-refractivity contribution in [2.75, 3.05) is 49.1 Å². The summed E-state index contributed by atoms with van der Waals surface area (Å²) in [6.07, 6.45) is 2.03. The zero-order chi connectivity index (χ0) is 24.9. The number of hydrogen-bond acceptors (Lipinski definition) is 6. The lowest BCUT2D eigenvalue weighted by atomic mass is 10.2. The zero-order valence-electron chi connectivity index (χ0n) is 19.3. The summed E-state index contributed by atoms with van der Waals surface area (Å²) in [5.41, 5.74) is 1.51. The number of nitrogens with one attached hydrogen (secondary N) is 1. The molecule has 35 heavy (non-hydrogen) atoms. The molecular formula is C25H27FN4O5. The van der Waals surface area contributed by atoms with Crippen LogP contribution < -0.4 is 15.1 Å². The fraction of sp³-hybridized carbons (Fsp3) is 0.320. The largest absolute Gasteiger partial charge is 0.508 e. The molecule has 0 saturated carbocycles. The van der Waals surface area contributed by atoms with E-state index in [-0.39, 0.29) is 30.7 Å². The maximum Gasteiger partial charge on any atom is 0.414 e. The number of nitrogens with zero attached hydrogens (tertiary/aromatic N) is 3. The number of carbonyl (C=O) groups is 3. The molecule has 10 heteroatoms. The number of ether oxygens (including phenoxy) is 1. The van der Waals surface area contributed by atoms with Crippen molar-refractivity contribution in [1.29, 1.82) is 0 Å². The van der Waals surface area contributed by atoms with E-state index in [9.17, 15) is 23.9 Å². The first-order chi connectivity index (χ1) is 16.8. The molecule has 0 spiro atoms. The lowest BCUT2D eigenvalue weighted by Crippen LogP contribution is -2.48. The van der Waals surface area contributed by atoms with Crippen LogP contribution in [0.2, 0.25) is 0 Å². The highest BCUT2D eigenvalue weighted by atomic mass is 19.1. The quantitative estimate of drug-likeness (QED) is 0.613. The Balaban J connectivity index is 1.33. The van der Waals surface area contributed by atoms with E-state index < -0.39 is 18.0 Å². The third-order valence-electron chi connectivity index (χ3n) is 5.92. The number of rotatable bonds is 6. The molecule has 2 aromatic rings. The second kappa shape index (κ2) is 10.5. The first-order valence-corrected chi connectivity index (χ1v) is 11.3. The van der Waals surface area contributed by atoms with E-state index in [0.29, 0.717) is 37.6 Å². The number of benzene rings is 2. The van der Waals surface area contributed by atoms with Gasteiger partial charge in [0.1, 0.15) is 17.7 Å². The molecule has 1 atom stereocenters. The van der Waals surface area contributed by atoms with Gasteiger partial charge in [-0.15, -0.1) is 0 Å². The van der Waals surface area contributed by atoms with Gasteiger partial charge in [-0.05, 0) is 42.0 Å². The van der Waals surface area contributed by atoms with E-state index in [1.807, 2.05) is 4.90 Å². The molecule has 2 heterocycles. The Hall–Kier alpha value is -4.08. The number of hydrogen-bond donors (Lipinski definition) is 2. The molecular weight excluding hydrogens is 455 g/mol. The van der Waals surface area contributed by atoms with E-state index in [1.54, 1.807) is 47.4 Å². The molecule has 0 aromatic heterocycles. The molecule has 3 amide bonds. The number of halogens is 1. The molecule has 184 valence electrons. The highest BCUT2D eigenvalue weighted by Gasteiger charge is 2.33. The smallest absolute Gasteiger partial charge is 0.414 e. The molecule has 2 aliphatic heterocycles. The third-order valence-corrected chi connectivity index (χ3v) is 5.92.